The molecule has 0 saturated carbocycles. The minimum absolute atomic E-state index is 0.0325. The Kier molecular flexibility index (Phi) is 7.45. The molecule has 0 aliphatic heterocycles. The van der Waals surface area contributed by atoms with Crippen LogP contribution in [-0.4, -0.2) is 35.7 Å². The lowest BCUT2D eigenvalue weighted by atomic mass is 9.98. The molecule has 0 radical (unpaired) electrons. The van der Waals surface area contributed by atoms with E-state index in [0.29, 0.717) is 12.1 Å². The molecular weight excluding hydrogens is 444 g/mol. The summed E-state index contributed by atoms with van der Waals surface area (Å²) >= 11 is 0. The van der Waals surface area contributed by atoms with Gasteiger partial charge in [-0.2, -0.15) is 0 Å². The third-order valence-corrected chi connectivity index (χ3v) is 6.15. The Morgan fingerprint density at radius 1 is 0.914 bits per heavy atom. The Hall–Kier alpha value is -4.13. The second kappa shape index (κ2) is 10.9. The number of carboxylic acids is 1. The van der Waals surface area contributed by atoms with Crippen LogP contribution < -0.4 is 10.6 Å². The zero-order valence-corrected chi connectivity index (χ0v) is 19.5. The fourth-order valence-corrected chi connectivity index (χ4v) is 4.51. The predicted molar refractivity (Wildman–Crippen MR) is 134 cm³/mol. The number of amides is 2. The highest BCUT2D eigenvalue weighted by molar-refractivity contribution is 5.93. The van der Waals surface area contributed by atoms with Crippen molar-refractivity contribution in [1.82, 2.24) is 5.32 Å². The number of hydrogen-bond donors (Lipinski definition) is 3. The molecule has 3 aromatic carbocycles. The van der Waals surface area contributed by atoms with E-state index in [2.05, 4.69) is 34.9 Å². The minimum Gasteiger partial charge on any atom is -0.478 e. The number of alkyl carbamates (subject to hydrolysis) is 1. The Bertz CT molecular complexity index is 1180. The van der Waals surface area contributed by atoms with Crippen LogP contribution in [-0.2, 0) is 9.53 Å². The average molecular weight is 473 g/mol. The minimum atomic E-state index is -1.03. The smallest absolute Gasteiger partial charge is 0.407 e. The first-order valence-corrected chi connectivity index (χ1v) is 11.7. The summed E-state index contributed by atoms with van der Waals surface area (Å²) in [6.07, 6.45) is 0.937. The van der Waals surface area contributed by atoms with E-state index in [1.807, 2.05) is 31.2 Å². The van der Waals surface area contributed by atoms with E-state index in [1.54, 1.807) is 0 Å². The number of fused-ring (bicyclic) bond motifs is 3. The van der Waals surface area contributed by atoms with Crippen molar-refractivity contribution in [3.8, 4) is 11.1 Å². The van der Waals surface area contributed by atoms with Gasteiger partial charge in [-0.25, -0.2) is 9.59 Å². The number of carbonyl (C=O) groups is 3. The number of aromatic carboxylic acids is 1. The van der Waals surface area contributed by atoms with Crippen molar-refractivity contribution in [1.29, 1.82) is 0 Å². The molecule has 0 spiro atoms. The molecule has 1 aliphatic carbocycles. The first-order valence-electron chi connectivity index (χ1n) is 11.7. The van der Waals surface area contributed by atoms with Gasteiger partial charge in [-0.1, -0.05) is 61.9 Å². The molecule has 2 amide bonds. The van der Waals surface area contributed by atoms with Crippen LogP contribution in [0.3, 0.4) is 0 Å². The number of benzene rings is 3. The quantitative estimate of drug-likeness (QED) is 0.386. The van der Waals surface area contributed by atoms with E-state index in [1.165, 1.54) is 24.3 Å². The molecule has 4 rings (SSSR count). The summed E-state index contributed by atoms with van der Waals surface area (Å²) in [4.78, 5) is 36.1. The van der Waals surface area contributed by atoms with E-state index in [-0.39, 0.29) is 36.5 Å². The van der Waals surface area contributed by atoms with Crippen molar-refractivity contribution in [2.45, 2.75) is 38.1 Å². The first-order chi connectivity index (χ1) is 17.0. The van der Waals surface area contributed by atoms with Crippen LogP contribution in [0.15, 0.2) is 72.8 Å². The summed E-state index contributed by atoms with van der Waals surface area (Å²) in [5, 5.41) is 14.6. The van der Waals surface area contributed by atoms with Gasteiger partial charge in [-0.3, -0.25) is 4.79 Å². The summed E-state index contributed by atoms with van der Waals surface area (Å²) in [6, 6.07) is 21.8. The lowest BCUT2D eigenvalue weighted by Crippen LogP contribution is -2.38. The van der Waals surface area contributed by atoms with Gasteiger partial charge in [0.2, 0.25) is 5.91 Å². The number of carboxylic acid groups (broad SMARTS) is 1. The van der Waals surface area contributed by atoms with Crippen molar-refractivity contribution in [3.05, 3.63) is 89.5 Å². The maximum atomic E-state index is 12.6. The number of carbonyl (C=O) groups excluding carboxylic acids is 2. The molecular formula is C28H28N2O5. The second-order valence-corrected chi connectivity index (χ2v) is 8.59. The summed E-state index contributed by atoms with van der Waals surface area (Å²) in [5.41, 5.74) is 5.24. The van der Waals surface area contributed by atoms with Gasteiger partial charge in [0, 0.05) is 24.1 Å². The number of ether oxygens (including phenoxy) is 1. The zero-order chi connectivity index (χ0) is 24.8. The maximum Gasteiger partial charge on any atom is 0.407 e. The van der Waals surface area contributed by atoms with Crippen LogP contribution in [0, 0.1) is 0 Å². The lowest BCUT2D eigenvalue weighted by Gasteiger charge is -2.19. The van der Waals surface area contributed by atoms with Crippen LogP contribution in [0.1, 0.15) is 53.6 Å². The zero-order valence-electron chi connectivity index (χ0n) is 19.5. The molecule has 0 aromatic heterocycles. The molecule has 35 heavy (non-hydrogen) atoms. The summed E-state index contributed by atoms with van der Waals surface area (Å²) in [7, 11) is 0. The Morgan fingerprint density at radius 2 is 1.51 bits per heavy atom. The lowest BCUT2D eigenvalue weighted by molar-refractivity contribution is -0.116. The van der Waals surface area contributed by atoms with Crippen LogP contribution in [0.5, 0.6) is 0 Å². The van der Waals surface area contributed by atoms with Gasteiger partial charge in [0.1, 0.15) is 6.61 Å². The molecule has 3 N–H and O–H groups in total. The molecule has 1 atom stereocenters. The fraction of sp³-hybridized carbons (Fsp3) is 0.250. The van der Waals surface area contributed by atoms with Gasteiger partial charge in [0.25, 0.3) is 0 Å². The number of anilines is 1. The van der Waals surface area contributed by atoms with E-state index >= 15 is 0 Å². The molecule has 180 valence electrons. The molecule has 0 heterocycles. The third-order valence-electron chi connectivity index (χ3n) is 6.15. The highest BCUT2D eigenvalue weighted by atomic mass is 16.5. The molecule has 7 heteroatoms. The molecule has 0 saturated heterocycles. The first kappa shape index (κ1) is 24.0. The third kappa shape index (κ3) is 5.69. The normalized spacial score (nSPS) is 12.8. The maximum absolute atomic E-state index is 12.6. The van der Waals surface area contributed by atoms with E-state index in [9.17, 15) is 14.4 Å². The van der Waals surface area contributed by atoms with Crippen molar-refractivity contribution in [2.75, 3.05) is 11.9 Å². The average Bonchev–Trinajstić information content (AvgIpc) is 3.17. The summed E-state index contributed by atoms with van der Waals surface area (Å²) in [5.74, 6) is -1.33. The standard InChI is InChI=1S/C28H28N2O5/c1-2-7-20(16-26(31)29-19-14-12-18(13-15-19)27(32)33)30-28(34)35-17-25-23-10-5-3-8-21(23)22-9-4-6-11-24(22)25/h3-6,8-15,20,25H,2,7,16-17H2,1H3,(H,29,31)(H,30,34)(H,32,33). The van der Waals surface area contributed by atoms with Crippen molar-refractivity contribution in [3.63, 3.8) is 0 Å². The highest BCUT2D eigenvalue weighted by Gasteiger charge is 2.29. The van der Waals surface area contributed by atoms with E-state index in [4.69, 9.17) is 9.84 Å². The van der Waals surface area contributed by atoms with Crippen LogP contribution in [0.4, 0.5) is 10.5 Å². The Balaban J connectivity index is 1.33. The number of rotatable bonds is 9. The molecule has 1 aliphatic rings. The van der Waals surface area contributed by atoms with Gasteiger partial charge in [0.15, 0.2) is 0 Å². The Morgan fingerprint density at radius 3 is 2.09 bits per heavy atom. The summed E-state index contributed by atoms with van der Waals surface area (Å²) < 4.78 is 5.61. The molecule has 3 aromatic rings. The predicted octanol–water partition coefficient (Wildman–Crippen LogP) is 5.42. The monoisotopic (exact) mass is 472 g/mol. The molecule has 0 bridgehead atoms. The second-order valence-electron chi connectivity index (χ2n) is 8.59. The van der Waals surface area contributed by atoms with Gasteiger partial charge in [-0.05, 0) is 52.9 Å². The number of hydrogen-bond acceptors (Lipinski definition) is 4. The Labute approximate surface area is 204 Å². The van der Waals surface area contributed by atoms with Crippen LogP contribution in [0.25, 0.3) is 11.1 Å². The number of nitrogens with one attached hydrogen (secondary N) is 2. The van der Waals surface area contributed by atoms with Gasteiger partial charge >= 0.3 is 12.1 Å². The largest absolute Gasteiger partial charge is 0.478 e. The SMILES string of the molecule is CCCC(CC(=O)Nc1ccc(C(=O)O)cc1)NC(=O)OCC1c2ccccc2-c2ccccc21. The fourth-order valence-electron chi connectivity index (χ4n) is 4.51. The highest BCUT2D eigenvalue weighted by Crippen LogP contribution is 2.44. The van der Waals surface area contributed by atoms with Crippen LogP contribution in [0.2, 0.25) is 0 Å². The van der Waals surface area contributed by atoms with Crippen LogP contribution >= 0.6 is 0 Å². The van der Waals surface area contributed by atoms with Crippen molar-refractivity contribution < 1.29 is 24.2 Å². The van der Waals surface area contributed by atoms with E-state index in [0.717, 1.165) is 28.7 Å². The molecule has 1 unspecified atom stereocenters. The summed E-state index contributed by atoms with van der Waals surface area (Å²) in [6.45, 7) is 2.19. The van der Waals surface area contributed by atoms with E-state index < -0.39 is 12.1 Å². The topological polar surface area (TPSA) is 105 Å². The van der Waals surface area contributed by atoms with Crippen molar-refractivity contribution in [2.24, 2.45) is 0 Å². The van der Waals surface area contributed by atoms with Gasteiger partial charge in [-0.15, -0.1) is 0 Å². The molecule has 0 fully saturated rings. The van der Waals surface area contributed by atoms with Gasteiger partial charge in [0.05, 0.1) is 5.56 Å². The molecule has 7 nitrogen and oxygen atoms in total. The van der Waals surface area contributed by atoms with Crippen molar-refractivity contribution >= 4 is 23.7 Å². The van der Waals surface area contributed by atoms with Gasteiger partial charge < -0.3 is 20.5 Å².